The van der Waals surface area contributed by atoms with Crippen LogP contribution in [-0.4, -0.2) is 35.4 Å². The number of nitrogens with zero attached hydrogens (tertiary/aromatic N) is 3. The molecule has 0 saturated heterocycles. The third-order valence-electron chi connectivity index (χ3n) is 4.94. The lowest BCUT2D eigenvalue weighted by Crippen LogP contribution is -2.45. The molecule has 3 rings (SSSR count). The Hall–Kier alpha value is -1.57. The first-order valence-corrected chi connectivity index (χ1v) is 9.30. The van der Waals surface area contributed by atoms with Gasteiger partial charge in [-0.2, -0.15) is 5.10 Å². The highest BCUT2D eigenvalue weighted by atomic mass is 127. The van der Waals surface area contributed by atoms with E-state index in [1.54, 1.807) is 0 Å². The second-order valence-corrected chi connectivity index (χ2v) is 6.98. The molecule has 1 saturated carbocycles. The zero-order chi connectivity index (χ0) is 17.5. The van der Waals surface area contributed by atoms with E-state index < -0.39 is 0 Å². The maximum absolute atomic E-state index is 4.45. The average Bonchev–Trinajstić information content (AvgIpc) is 3.12. The largest absolute Gasteiger partial charge is 0.356 e. The van der Waals surface area contributed by atoms with Gasteiger partial charge in [-0.15, -0.1) is 24.0 Å². The zero-order valence-corrected chi connectivity index (χ0v) is 18.0. The lowest BCUT2D eigenvalue weighted by molar-refractivity contribution is 0.329. The third kappa shape index (κ3) is 6.00. The van der Waals surface area contributed by atoms with Crippen molar-refractivity contribution >= 4 is 29.9 Å². The van der Waals surface area contributed by atoms with E-state index in [1.807, 2.05) is 36.1 Å². The summed E-state index contributed by atoms with van der Waals surface area (Å²) in [6.07, 6.45) is 10.1. The molecule has 5 nitrogen and oxygen atoms in total. The van der Waals surface area contributed by atoms with Crippen molar-refractivity contribution in [2.24, 2.45) is 10.9 Å². The summed E-state index contributed by atoms with van der Waals surface area (Å²) in [6, 6.07) is 10.8. The Labute approximate surface area is 173 Å². The molecule has 1 aromatic carbocycles. The van der Waals surface area contributed by atoms with E-state index in [0.29, 0.717) is 6.04 Å². The fraction of sp³-hybridized carbons (Fsp3) is 0.500. The van der Waals surface area contributed by atoms with Gasteiger partial charge in [-0.25, -0.2) is 4.68 Å². The van der Waals surface area contributed by atoms with Crippen LogP contribution in [0.15, 0.2) is 47.7 Å². The molecule has 0 spiro atoms. The van der Waals surface area contributed by atoms with Crippen molar-refractivity contribution in [2.45, 2.75) is 45.1 Å². The Balaban J connectivity index is 0.00000243. The summed E-state index contributed by atoms with van der Waals surface area (Å²) in [5.74, 6) is 1.78. The number of halogens is 1. The van der Waals surface area contributed by atoms with Gasteiger partial charge in [-0.1, -0.05) is 25.1 Å². The molecule has 1 heterocycles. The molecule has 0 radical (unpaired) electrons. The molecule has 0 aliphatic heterocycles. The smallest absolute Gasteiger partial charge is 0.191 e. The number of aliphatic imine (C=N–C) groups is 1. The Morgan fingerprint density at radius 1 is 1.19 bits per heavy atom. The number of nitrogens with one attached hydrogen (secondary N) is 2. The molecule has 2 N–H and O–H groups in total. The molecule has 2 aromatic rings. The van der Waals surface area contributed by atoms with Crippen molar-refractivity contribution in [1.82, 2.24) is 20.4 Å². The lowest BCUT2D eigenvalue weighted by atomic mass is 9.87. The van der Waals surface area contributed by atoms with Crippen LogP contribution in [0.5, 0.6) is 0 Å². The highest BCUT2D eigenvalue weighted by Crippen LogP contribution is 2.23. The van der Waals surface area contributed by atoms with Gasteiger partial charge in [0.05, 0.1) is 11.9 Å². The fourth-order valence-corrected chi connectivity index (χ4v) is 3.33. The monoisotopic (exact) mass is 467 g/mol. The minimum atomic E-state index is 0. The number of rotatable bonds is 5. The normalized spacial score (nSPS) is 20.3. The van der Waals surface area contributed by atoms with Crippen LogP contribution in [0.2, 0.25) is 0 Å². The van der Waals surface area contributed by atoms with Crippen molar-refractivity contribution in [2.75, 3.05) is 13.6 Å². The van der Waals surface area contributed by atoms with E-state index in [0.717, 1.165) is 30.5 Å². The number of para-hydroxylation sites is 1. The number of hydrogen-bond donors (Lipinski definition) is 2. The number of aromatic nitrogens is 2. The van der Waals surface area contributed by atoms with Gasteiger partial charge in [0.2, 0.25) is 0 Å². The van der Waals surface area contributed by atoms with Crippen molar-refractivity contribution in [1.29, 1.82) is 0 Å². The standard InChI is InChI=1S/C20H29N5.HI/c1-16-8-10-18(11-9-16)24-20(21-2)22-13-12-17-14-23-25(15-17)19-6-4-3-5-7-19;/h3-7,14-16,18H,8-13H2,1-2H3,(H2,21,22,24);1H. The van der Waals surface area contributed by atoms with Gasteiger partial charge >= 0.3 is 0 Å². The molecule has 0 amide bonds. The van der Waals surface area contributed by atoms with Gasteiger partial charge in [-0.05, 0) is 55.7 Å². The summed E-state index contributed by atoms with van der Waals surface area (Å²) >= 11 is 0. The molecule has 26 heavy (non-hydrogen) atoms. The number of guanidine groups is 1. The predicted octanol–water partition coefficient (Wildman–Crippen LogP) is 3.78. The summed E-state index contributed by atoms with van der Waals surface area (Å²) < 4.78 is 1.92. The van der Waals surface area contributed by atoms with E-state index in [1.165, 1.54) is 31.2 Å². The van der Waals surface area contributed by atoms with Gasteiger partial charge in [0.15, 0.2) is 5.96 Å². The quantitative estimate of drug-likeness (QED) is 0.400. The number of hydrogen-bond acceptors (Lipinski definition) is 2. The van der Waals surface area contributed by atoms with Crippen LogP contribution in [-0.2, 0) is 6.42 Å². The van der Waals surface area contributed by atoms with Crippen LogP contribution < -0.4 is 10.6 Å². The van der Waals surface area contributed by atoms with Gasteiger partial charge in [0.25, 0.3) is 0 Å². The summed E-state index contributed by atoms with van der Waals surface area (Å²) in [5, 5.41) is 11.4. The molecule has 1 aromatic heterocycles. The molecule has 1 fully saturated rings. The second-order valence-electron chi connectivity index (χ2n) is 6.98. The van der Waals surface area contributed by atoms with Crippen molar-refractivity contribution < 1.29 is 0 Å². The Morgan fingerprint density at radius 2 is 1.92 bits per heavy atom. The molecule has 0 unspecified atom stereocenters. The van der Waals surface area contributed by atoms with Gasteiger partial charge in [0, 0.05) is 25.8 Å². The SMILES string of the molecule is CN=C(NCCc1cnn(-c2ccccc2)c1)NC1CCC(C)CC1.I. The topological polar surface area (TPSA) is 54.2 Å². The van der Waals surface area contributed by atoms with Crippen LogP contribution in [0, 0.1) is 5.92 Å². The highest BCUT2D eigenvalue weighted by Gasteiger charge is 2.18. The molecular formula is C20H30IN5. The van der Waals surface area contributed by atoms with Crippen molar-refractivity contribution in [3.05, 3.63) is 48.3 Å². The summed E-state index contributed by atoms with van der Waals surface area (Å²) in [7, 11) is 1.84. The molecular weight excluding hydrogens is 437 g/mol. The van der Waals surface area contributed by atoms with Gasteiger partial charge < -0.3 is 10.6 Å². The van der Waals surface area contributed by atoms with Gasteiger partial charge in [-0.3, -0.25) is 4.99 Å². The Kier molecular flexibility index (Phi) is 8.41. The first kappa shape index (κ1) is 20.7. The molecule has 1 aliphatic rings. The first-order valence-electron chi connectivity index (χ1n) is 9.30. The predicted molar refractivity (Wildman–Crippen MR) is 119 cm³/mol. The first-order chi connectivity index (χ1) is 12.2. The fourth-order valence-electron chi connectivity index (χ4n) is 3.33. The second kappa shape index (κ2) is 10.5. The Morgan fingerprint density at radius 3 is 2.62 bits per heavy atom. The van der Waals surface area contributed by atoms with Crippen molar-refractivity contribution in [3.8, 4) is 5.69 Å². The van der Waals surface area contributed by atoms with Crippen LogP contribution in [0.1, 0.15) is 38.2 Å². The minimum Gasteiger partial charge on any atom is -0.356 e. The number of benzene rings is 1. The van der Waals surface area contributed by atoms with E-state index in [-0.39, 0.29) is 24.0 Å². The molecule has 0 bridgehead atoms. The van der Waals surface area contributed by atoms with Crippen molar-refractivity contribution in [3.63, 3.8) is 0 Å². The van der Waals surface area contributed by atoms with Crippen LogP contribution in [0.3, 0.4) is 0 Å². The molecule has 142 valence electrons. The van der Waals surface area contributed by atoms with E-state index in [9.17, 15) is 0 Å². The summed E-state index contributed by atoms with van der Waals surface area (Å²) in [4.78, 5) is 4.36. The maximum Gasteiger partial charge on any atom is 0.191 e. The van der Waals surface area contributed by atoms with Crippen LogP contribution in [0.25, 0.3) is 5.69 Å². The summed E-state index contributed by atoms with van der Waals surface area (Å²) in [6.45, 7) is 3.20. The van der Waals surface area contributed by atoms with Gasteiger partial charge in [0.1, 0.15) is 0 Å². The van der Waals surface area contributed by atoms with E-state index in [2.05, 4.69) is 46.0 Å². The zero-order valence-electron chi connectivity index (χ0n) is 15.7. The molecule has 6 heteroatoms. The van der Waals surface area contributed by atoms with Crippen LogP contribution in [0.4, 0.5) is 0 Å². The third-order valence-corrected chi connectivity index (χ3v) is 4.94. The average molecular weight is 467 g/mol. The lowest BCUT2D eigenvalue weighted by Gasteiger charge is -2.28. The maximum atomic E-state index is 4.45. The minimum absolute atomic E-state index is 0. The Bertz CT molecular complexity index is 675. The van der Waals surface area contributed by atoms with Crippen LogP contribution >= 0.6 is 24.0 Å². The highest BCUT2D eigenvalue weighted by molar-refractivity contribution is 14.0. The molecule has 0 atom stereocenters. The molecule has 1 aliphatic carbocycles. The van der Waals surface area contributed by atoms with E-state index in [4.69, 9.17) is 0 Å². The summed E-state index contributed by atoms with van der Waals surface area (Å²) in [5.41, 5.74) is 2.31. The van der Waals surface area contributed by atoms with E-state index >= 15 is 0 Å².